The first-order valence-corrected chi connectivity index (χ1v) is 4.83. The molecule has 0 amide bonds. The molecule has 0 bridgehead atoms. The molecule has 0 radical (unpaired) electrons. The van der Waals surface area contributed by atoms with Crippen molar-refractivity contribution >= 4 is 40.1 Å². The van der Waals surface area contributed by atoms with Gasteiger partial charge >= 0.3 is 5.97 Å². The average Bonchev–Trinajstić information content (AvgIpc) is 2.23. The number of nitrogens with zero attached hydrogens (tertiary/aromatic N) is 1. The van der Waals surface area contributed by atoms with Crippen molar-refractivity contribution in [3.05, 3.63) is 40.0 Å². The van der Waals surface area contributed by atoms with Crippen LogP contribution in [0.15, 0.2) is 24.4 Å². The lowest BCUT2D eigenvalue weighted by Gasteiger charge is -2.04. The third kappa shape index (κ3) is 1.64. The predicted molar refractivity (Wildman–Crippen MR) is 58.7 cm³/mol. The molecule has 1 heterocycles. The van der Waals surface area contributed by atoms with E-state index in [1.807, 2.05) is 0 Å². The zero-order chi connectivity index (χ0) is 11.0. The molecule has 1 aromatic carbocycles. The highest BCUT2D eigenvalue weighted by atomic mass is 35.5. The molecule has 0 atom stereocenters. The summed E-state index contributed by atoms with van der Waals surface area (Å²) < 4.78 is 0. The third-order valence-corrected chi connectivity index (χ3v) is 2.81. The maximum Gasteiger partial charge on any atom is 0.337 e. The first-order chi connectivity index (χ1) is 7.11. The molecule has 0 aliphatic rings. The van der Waals surface area contributed by atoms with Crippen molar-refractivity contribution in [3.63, 3.8) is 0 Å². The van der Waals surface area contributed by atoms with Crippen molar-refractivity contribution in [2.45, 2.75) is 0 Å². The van der Waals surface area contributed by atoms with E-state index < -0.39 is 5.97 Å². The van der Waals surface area contributed by atoms with Crippen molar-refractivity contribution in [2.75, 3.05) is 0 Å². The van der Waals surface area contributed by atoms with Crippen molar-refractivity contribution < 1.29 is 9.90 Å². The lowest BCUT2D eigenvalue weighted by atomic mass is 10.1. The maximum atomic E-state index is 10.9. The number of carbonyl (C=O) groups is 1. The molecule has 15 heavy (non-hydrogen) atoms. The summed E-state index contributed by atoms with van der Waals surface area (Å²) in [7, 11) is 0. The minimum atomic E-state index is -1.04. The number of hydrogen-bond donors (Lipinski definition) is 1. The number of rotatable bonds is 1. The monoisotopic (exact) mass is 241 g/mol. The molecular formula is C10H5Cl2NO2. The van der Waals surface area contributed by atoms with Gasteiger partial charge in [-0.3, -0.25) is 4.98 Å². The van der Waals surface area contributed by atoms with E-state index in [4.69, 9.17) is 28.3 Å². The maximum absolute atomic E-state index is 10.9. The zero-order valence-electron chi connectivity index (χ0n) is 7.37. The number of fused-ring (bicyclic) bond motifs is 1. The van der Waals surface area contributed by atoms with Crippen LogP contribution < -0.4 is 0 Å². The Labute approximate surface area is 95.3 Å². The van der Waals surface area contributed by atoms with Crippen molar-refractivity contribution in [1.29, 1.82) is 0 Å². The molecule has 0 saturated carbocycles. The van der Waals surface area contributed by atoms with E-state index in [2.05, 4.69) is 4.98 Å². The van der Waals surface area contributed by atoms with Gasteiger partial charge in [0.2, 0.25) is 0 Å². The van der Waals surface area contributed by atoms with Gasteiger partial charge in [0.05, 0.1) is 21.1 Å². The molecule has 0 fully saturated rings. The summed E-state index contributed by atoms with van der Waals surface area (Å²) in [5.74, 6) is -1.04. The Morgan fingerprint density at radius 1 is 1.33 bits per heavy atom. The Balaban J connectivity index is 2.89. The number of pyridine rings is 1. The molecule has 0 unspecified atom stereocenters. The Morgan fingerprint density at radius 3 is 2.73 bits per heavy atom. The second kappa shape index (κ2) is 3.68. The molecule has 0 spiro atoms. The number of aromatic nitrogens is 1. The molecule has 0 saturated heterocycles. The lowest BCUT2D eigenvalue weighted by molar-refractivity contribution is 0.0699. The van der Waals surface area contributed by atoms with Crippen LogP contribution in [0.3, 0.4) is 0 Å². The predicted octanol–water partition coefficient (Wildman–Crippen LogP) is 3.24. The van der Waals surface area contributed by atoms with E-state index in [1.165, 1.54) is 12.3 Å². The number of halogens is 2. The Morgan fingerprint density at radius 2 is 2.07 bits per heavy atom. The van der Waals surface area contributed by atoms with Crippen LogP contribution in [-0.4, -0.2) is 16.1 Å². The van der Waals surface area contributed by atoms with Gasteiger partial charge in [-0.2, -0.15) is 0 Å². The molecule has 76 valence electrons. The van der Waals surface area contributed by atoms with Gasteiger partial charge in [-0.1, -0.05) is 35.3 Å². The van der Waals surface area contributed by atoms with E-state index in [0.29, 0.717) is 20.9 Å². The highest BCUT2D eigenvalue weighted by molar-refractivity contribution is 6.45. The van der Waals surface area contributed by atoms with Gasteiger partial charge in [0.1, 0.15) is 0 Å². The van der Waals surface area contributed by atoms with Crippen molar-refractivity contribution in [3.8, 4) is 0 Å². The van der Waals surface area contributed by atoms with E-state index in [0.717, 1.165) is 0 Å². The van der Waals surface area contributed by atoms with Gasteiger partial charge in [-0.15, -0.1) is 0 Å². The summed E-state index contributed by atoms with van der Waals surface area (Å²) >= 11 is 11.7. The fourth-order valence-corrected chi connectivity index (χ4v) is 1.69. The summed E-state index contributed by atoms with van der Waals surface area (Å²) in [5, 5.41) is 10.1. The van der Waals surface area contributed by atoms with Crippen LogP contribution >= 0.6 is 23.2 Å². The topological polar surface area (TPSA) is 50.2 Å². The highest BCUT2D eigenvalue weighted by Crippen LogP contribution is 2.30. The summed E-state index contributed by atoms with van der Waals surface area (Å²) in [4.78, 5) is 14.9. The number of benzene rings is 1. The van der Waals surface area contributed by atoms with Crippen LogP contribution in [0.25, 0.3) is 10.9 Å². The van der Waals surface area contributed by atoms with Crippen molar-refractivity contribution in [2.24, 2.45) is 0 Å². The largest absolute Gasteiger partial charge is 0.478 e. The van der Waals surface area contributed by atoms with Gasteiger partial charge in [-0.25, -0.2) is 4.79 Å². The molecule has 2 rings (SSSR count). The Hall–Kier alpha value is -1.32. The summed E-state index contributed by atoms with van der Waals surface area (Å²) in [6, 6.07) is 4.76. The van der Waals surface area contributed by atoms with Crippen molar-refractivity contribution in [1.82, 2.24) is 4.98 Å². The third-order valence-electron chi connectivity index (χ3n) is 2.02. The number of para-hydroxylation sites is 1. The van der Waals surface area contributed by atoms with Gasteiger partial charge in [0, 0.05) is 11.6 Å². The second-order valence-electron chi connectivity index (χ2n) is 2.93. The normalized spacial score (nSPS) is 10.5. The average molecular weight is 242 g/mol. The summed E-state index contributed by atoms with van der Waals surface area (Å²) in [5.41, 5.74) is 0.463. The summed E-state index contributed by atoms with van der Waals surface area (Å²) in [6.07, 6.45) is 1.35. The van der Waals surface area contributed by atoms with Crippen LogP contribution in [0, 0.1) is 0 Å². The Bertz CT molecular complexity index is 554. The highest BCUT2D eigenvalue weighted by Gasteiger charge is 2.12. The SMILES string of the molecule is O=C(O)c1cccc2c(Cl)c(Cl)cnc12. The number of carboxylic acids is 1. The standard InChI is InChI=1S/C10H5Cl2NO2/c11-7-4-13-9-5(8(7)12)2-1-3-6(9)10(14)15/h1-4H,(H,14,15). The first-order valence-electron chi connectivity index (χ1n) is 4.07. The minimum Gasteiger partial charge on any atom is -0.478 e. The van der Waals surface area contributed by atoms with Gasteiger partial charge in [0.25, 0.3) is 0 Å². The number of hydrogen-bond acceptors (Lipinski definition) is 2. The van der Waals surface area contributed by atoms with Gasteiger partial charge < -0.3 is 5.11 Å². The second-order valence-corrected chi connectivity index (χ2v) is 3.71. The quantitative estimate of drug-likeness (QED) is 0.834. The molecule has 2 aromatic rings. The fraction of sp³-hybridized carbons (Fsp3) is 0. The van der Waals surface area contributed by atoms with Crippen LogP contribution in [0.1, 0.15) is 10.4 Å². The molecule has 0 aliphatic heterocycles. The molecular weight excluding hydrogens is 237 g/mol. The van der Waals surface area contributed by atoms with E-state index in [9.17, 15) is 4.79 Å². The molecule has 0 aliphatic carbocycles. The number of aromatic carboxylic acids is 1. The van der Waals surface area contributed by atoms with E-state index in [1.54, 1.807) is 12.1 Å². The first kappa shape index (κ1) is 10.2. The van der Waals surface area contributed by atoms with Gasteiger partial charge in [0.15, 0.2) is 0 Å². The van der Waals surface area contributed by atoms with E-state index in [-0.39, 0.29) is 5.56 Å². The Kier molecular flexibility index (Phi) is 2.50. The van der Waals surface area contributed by atoms with Gasteiger partial charge in [-0.05, 0) is 6.07 Å². The van der Waals surface area contributed by atoms with Crippen LogP contribution in [0.4, 0.5) is 0 Å². The molecule has 1 aromatic heterocycles. The van der Waals surface area contributed by atoms with Crippen LogP contribution in [0.2, 0.25) is 10.0 Å². The number of carboxylic acid groups (broad SMARTS) is 1. The fourth-order valence-electron chi connectivity index (χ4n) is 1.34. The molecule has 3 nitrogen and oxygen atoms in total. The smallest absolute Gasteiger partial charge is 0.337 e. The van der Waals surface area contributed by atoms with Crippen LogP contribution in [0.5, 0.6) is 0 Å². The minimum absolute atomic E-state index is 0.117. The zero-order valence-corrected chi connectivity index (χ0v) is 8.88. The molecule has 1 N–H and O–H groups in total. The lowest BCUT2D eigenvalue weighted by Crippen LogP contribution is -1.98. The molecule has 5 heteroatoms. The summed E-state index contributed by atoms with van der Waals surface area (Å²) in [6.45, 7) is 0. The van der Waals surface area contributed by atoms with Crippen LogP contribution in [-0.2, 0) is 0 Å². The van der Waals surface area contributed by atoms with E-state index >= 15 is 0 Å².